The van der Waals surface area contributed by atoms with Crippen molar-refractivity contribution in [2.45, 2.75) is 18.6 Å². The zero-order valence-corrected chi connectivity index (χ0v) is 6.85. The lowest BCUT2D eigenvalue weighted by Crippen LogP contribution is -2.06. The maximum absolute atomic E-state index is 8.58. The van der Waals surface area contributed by atoms with E-state index in [1.54, 1.807) is 17.9 Å². The third-order valence-corrected chi connectivity index (χ3v) is 2.03. The van der Waals surface area contributed by atoms with E-state index in [0.29, 0.717) is 0 Å². The van der Waals surface area contributed by atoms with Crippen LogP contribution in [0, 0.1) is 11.3 Å². The lowest BCUT2D eigenvalue weighted by molar-refractivity contribution is 0.316. The van der Waals surface area contributed by atoms with Gasteiger partial charge in [0.15, 0.2) is 11.7 Å². The molecule has 12 heavy (non-hydrogen) atoms. The summed E-state index contributed by atoms with van der Waals surface area (Å²) in [5.74, 6) is 0. The van der Waals surface area contributed by atoms with Crippen LogP contribution < -0.4 is 0 Å². The zero-order valence-electron chi connectivity index (χ0n) is 6.85. The first-order chi connectivity index (χ1) is 5.66. The predicted octanol–water partition coefficient (Wildman–Crippen LogP) is -0.0473. The number of hydrogen-bond donors (Lipinski definition) is 0. The highest BCUT2D eigenvalue weighted by Crippen LogP contribution is 2.44. The summed E-state index contributed by atoms with van der Waals surface area (Å²) in [5, 5.41) is 16.2. The van der Waals surface area contributed by atoms with E-state index in [4.69, 9.17) is 10.00 Å². The molecule has 1 fully saturated rings. The molecule has 1 aromatic heterocycles. The Hall–Kier alpha value is -1.41. The first-order valence-electron chi connectivity index (χ1n) is 3.61. The van der Waals surface area contributed by atoms with Crippen molar-refractivity contribution in [2.24, 2.45) is 7.05 Å². The molecule has 5 nitrogen and oxygen atoms in total. The average molecular weight is 164 g/mol. The minimum absolute atomic E-state index is 0.366. The summed E-state index contributed by atoms with van der Waals surface area (Å²) in [4.78, 5) is 0. The Labute approximate surface area is 69.6 Å². The van der Waals surface area contributed by atoms with Gasteiger partial charge in [-0.25, -0.2) is 0 Å². The average Bonchev–Trinajstić information content (AvgIpc) is 2.50. The molecular weight excluding hydrogens is 156 g/mol. The van der Waals surface area contributed by atoms with Gasteiger partial charge in [0.05, 0.1) is 12.3 Å². The van der Waals surface area contributed by atoms with Crippen molar-refractivity contribution in [1.29, 1.82) is 5.26 Å². The summed E-state index contributed by atoms with van der Waals surface area (Å²) in [6, 6.07) is 2.04. The molecule has 0 saturated carbocycles. The lowest BCUT2D eigenvalue weighted by Gasteiger charge is -1.95. The molecule has 1 saturated heterocycles. The van der Waals surface area contributed by atoms with Crippen LogP contribution in [0.2, 0.25) is 0 Å². The number of nitriles is 1. The highest BCUT2D eigenvalue weighted by atomic mass is 16.6. The normalized spacial score (nSPS) is 32.9. The van der Waals surface area contributed by atoms with Crippen LogP contribution in [0.5, 0.6) is 0 Å². The molecule has 2 rings (SSSR count). The topological polar surface area (TPSA) is 67.0 Å². The summed E-state index contributed by atoms with van der Waals surface area (Å²) < 4.78 is 6.77. The second-order valence-electron chi connectivity index (χ2n) is 3.01. The number of nitrogens with zero attached hydrogens (tertiary/aromatic N) is 4. The van der Waals surface area contributed by atoms with E-state index < -0.39 is 5.60 Å². The van der Waals surface area contributed by atoms with E-state index in [-0.39, 0.29) is 6.10 Å². The molecule has 1 aliphatic rings. The van der Waals surface area contributed by atoms with Gasteiger partial charge in [-0.05, 0) is 6.92 Å². The Kier molecular flexibility index (Phi) is 1.24. The lowest BCUT2D eigenvalue weighted by atomic mass is 10.1. The summed E-state index contributed by atoms with van der Waals surface area (Å²) in [6.07, 6.45) is 1.39. The molecule has 0 aromatic carbocycles. The molecule has 5 heteroatoms. The summed E-state index contributed by atoms with van der Waals surface area (Å²) in [6.45, 7) is 1.84. The maximum atomic E-state index is 8.58. The van der Waals surface area contributed by atoms with Crippen molar-refractivity contribution in [3.63, 3.8) is 0 Å². The fourth-order valence-electron chi connectivity index (χ4n) is 1.13. The van der Waals surface area contributed by atoms with Crippen molar-refractivity contribution in [3.05, 3.63) is 11.9 Å². The van der Waals surface area contributed by atoms with Crippen LogP contribution >= 0.6 is 0 Å². The van der Waals surface area contributed by atoms with E-state index in [0.717, 1.165) is 5.69 Å². The van der Waals surface area contributed by atoms with Crippen molar-refractivity contribution in [3.8, 4) is 6.07 Å². The number of epoxide rings is 1. The van der Waals surface area contributed by atoms with Gasteiger partial charge in [-0.3, -0.25) is 4.68 Å². The number of rotatable bonds is 1. The molecule has 62 valence electrons. The molecular formula is C7H8N4O. The van der Waals surface area contributed by atoms with Gasteiger partial charge in [-0.2, -0.15) is 5.26 Å². The zero-order chi connectivity index (χ0) is 8.77. The van der Waals surface area contributed by atoms with Crippen molar-refractivity contribution >= 4 is 0 Å². The highest BCUT2D eigenvalue weighted by molar-refractivity contribution is 5.23. The Morgan fingerprint density at radius 3 is 3.00 bits per heavy atom. The monoisotopic (exact) mass is 164 g/mol. The maximum Gasteiger partial charge on any atom is 0.179 e. The van der Waals surface area contributed by atoms with E-state index in [1.165, 1.54) is 0 Å². The Morgan fingerprint density at radius 2 is 2.58 bits per heavy atom. The first kappa shape index (κ1) is 7.25. The quantitative estimate of drug-likeness (QED) is 0.546. The Balaban J connectivity index is 2.29. The smallest absolute Gasteiger partial charge is 0.179 e. The summed E-state index contributed by atoms with van der Waals surface area (Å²) in [7, 11) is 1.78. The van der Waals surface area contributed by atoms with Gasteiger partial charge in [0.2, 0.25) is 0 Å². The van der Waals surface area contributed by atoms with Crippen molar-refractivity contribution in [1.82, 2.24) is 15.0 Å². The molecule has 2 heterocycles. The molecule has 0 spiro atoms. The van der Waals surface area contributed by atoms with Gasteiger partial charge in [0, 0.05) is 7.05 Å². The largest absolute Gasteiger partial charge is 0.343 e. The SMILES string of the molecule is Cn1cc(C2(C)OC2C#N)nn1. The summed E-state index contributed by atoms with van der Waals surface area (Å²) >= 11 is 0. The van der Waals surface area contributed by atoms with Gasteiger partial charge in [0.1, 0.15) is 5.69 Å². The predicted molar refractivity (Wildman–Crippen MR) is 38.8 cm³/mol. The summed E-state index contributed by atoms with van der Waals surface area (Å²) in [5.41, 5.74) is 0.194. The fraction of sp³-hybridized carbons (Fsp3) is 0.571. The molecule has 0 N–H and O–H groups in total. The number of aromatic nitrogens is 3. The Bertz CT molecular complexity index is 353. The van der Waals surface area contributed by atoms with Gasteiger partial charge < -0.3 is 4.74 Å². The Morgan fingerprint density at radius 1 is 1.83 bits per heavy atom. The van der Waals surface area contributed by atoms with E-state index in [1.807, 2.05) is 13.0 Å². The number of aryl methyl sites for hydroxylation is 1. The van der Waals surface area contributed by atoms with Crippen LogP contribution in [0.25, 0.3) is 0 Å². The molecule has 0 radical (unpaired) electrons. The number of ether oxygens (including phenoxy) is 1. The highest BCUT2D eigenvalue weighted by Gasteiger charge is 2.56. The third-order valence-electron chi connectivity index (χ3n) is 2.03. The van der Waals surface area contributed by atoms with E-state index in [9.17, 15) is 0 Å². The first-order valence-corrected chi connectivity index (χ1v) is 3.61. The van der Waals surface area contributed by atoms with Crippen LogP contribution in [0.3, 0.4) is 0 Å². The second-order valence-corrected chi connectivity index (χ2v) is 3.01. The molecule has 2 unspecified atom stereocenters. The van der Waals surface area contributed by atoms with Gasteiger partial charge >= 0.3 is 0 Å². The molecule has 0 amide bonds. The number of hydrogen-bond acceptors (Lipinski definition) is 4. The van der Waals surface area contributed by atoms with Crippen LogP contribution in [0.4, 0.5) is 0 Å². The molecule has 2 atom stereocenters. The van der Waals surface area contributed by atoms with E-state index in [2.05, 4.69) is 10.3 Å². The second kappa shape index (κ2) is 2.05. The molecule has 1 aromatic rings. The standard InChI is InChI=1S/C7H8N4O/c1-7(6(3-8)12-7)5-4-11(2)10-9-5/h4,6H,1-2H3. The van der Waals surface area contributed by atoms with Crippen molar-refractivity contribution < 1.29 is 4.74 Å². The van der Waals surface area contributed by atoms with Crippen LogP contribution in [-0.4, -0.2) is 21.1 Å². The minimum atomic E-state index is -0.525. The third kappa shape index (κ3) is 0.818. The van der Waals surface area contributed by atoms with Crippen LogP contribution in [-0.2, 0) is 17.4 Å². The van der Waals surface area contributed by atoms with Crippen LogP contribution in [0.1, 0.15) is 12.6 Å². The van der Waals surface area contributed by atoms with Gasteiger partial charge in [-0.1, -0.05) is 5.21 Å². The van der Waals surface area contributed by atoms with Crippen LogP contribution in [0.15, 0.2) is 6.20 Å². The van der Waals surface area contributed by atoms with Gasteiger partial charge in [-0.15, -0.1) is 5.10 Å². The fourth-order valence-corrected chi connectivity index (χ4v) is 1.13. The molecule has 0 bridgehead atoms. The van der Waals surface area contributed by atoms with Crippen molar-refractivity contribution in [2.75, 3.05) is 0 Å². The molecule has 0 aliphatic carbocycles. The van der Waals surface area contributed by atoms with Gasteiger partial charge in [0.25, 0.3) is 0 Å². The molecule has 1 aliphatic heterocycles. The minimum Gasteiger partial charge on any atom is -0.343 e. The van der Waals surface area contributed by atoms with E-state index >= 15 is 0 Å².